The Balaban J connectivity index is 2.91. The first kappa shape index (κ1) is 10.2. The summed E-state index contributed by atoms with van der Waals surface area (Å²) in [4.78, 5) is 0. The van der Waals surface area contributed by atoms with E-state index in [1.165, 1.54) is 11.1 Å². The van der Waals surface area contributed by atoms with Crippen LogP contribution in [0.3, 0.4) is 0 Å². The Hall–Kier alpha value is -0.860. The Kier molecular flexibility index (Phi) is 3.46. The molecule has 0 aliphatic rings. The van der Waals surface area contributed by atoms with Crippen molar-refractivity contribution in [3.05, 3.63) is 34.9 Å². The summed E-state index contributed by atoms with van der Waals surface area (Å²) in [5.41, 5.74) is 9.48. The molecule has 0 saturated heterocycles. The highest BCUT2D eigenvalue weighted by Gasteiger charge is 2.07. The SMILES string of the molecule is Cc1ccc(C)c([C@H](N)CCO)c1. The summed E-state index contributed by atoms with van der Waals surface area (Å²) in [7, 11) is 0. The lowest BCUT2D eigenvalue weighted by atomic mass is 9.98. The minimum Gasteiger partial charge on any atom is -0.396 e. The minimum atomic E-state index is -0.0371. The van der Waals surface area contributed by atoms with Gasteiger partial charge in [0.1, 0.15) is 0 Å². The summed E-state index contributed by atoms with van der Waals surface area (Å²) in [5.74, 6) is 0. The van der Waals surface area contributed by atoms with E-state index < -0.39 is 0 Å². The molecule has 2 nitrogen and oxygen atoms in total. The van der Waals surface area contributed by atoms with Gasteiger partial charge in [-0.1, -0.05) is 23.8 Å². The average Bonchev–Trinajstić information content (AvgIpc) is 2.09. The molecular formula is C11H17NO. The van der Waals surface area contributed by atoms with Crippen LogP contribution in [0.15, 0.2) is 18.2 Å². The molecule has 0 fully saturated rings. The molecule has 3 N–H and O–H groups in total. The zero-order valence-corrected chi connectivity index (χ0v) is 8.25. The quantitative estimate of drug-likeness (QED) is 0.741. The van der Waals surface area contributed by atoms with Crippen LogP contribution in [0.1, 0.15) is 29.2 Å². The molecule has 72 valence electrons. The van der Waals surface area contributed by atoms with Crippen molar-refractivity contribution in [2.24, 2.45) is 5.73 Å². The molecule has 0 spiro atoms. The van der Waals surface area contributed by atoms with E-state index in [1.54, 1.807) is 0 Å². The van der Waals surface area contributed by atoms with Crippen molar-refractivity contribution in [1.29, 1.82) is 0 Å². The molecule has 13 heavy (non-hydrogen) atoms. The van der Waals surface area contributed by atoms with Gasteiger partial charge in [0.05, 0.1) is 0 Å². The van der Waals surface area contributed by atoms with E-state index in [-0.39, 0.29) is 12.6 Å². The molecule has 0 aliphatic carbocycles. The van der Waals surface area contributed by atoms with E-state index in [4.69, 9.17) is 10.8 Å². The first-order valence-electron chi connectivity index (χ1n) is 4.58. The summed E-state index contributed by atoms with van der Waals surface area (Å²) in [6.45, 7) is 4.25. The third kappa shape index (κ3) is 2.54. The van der Waals surface area contributed by atoms with E-state index in [1.807, 2.05) is 6.92 Å². The maximum absolute atomic E-state index is 8.78. The smallest absolute Gasteiger partial charge is 0.0449 e. The summed E-state index contributed by atoms with van der Waals surface area (Å²) in [6, 6.07) is 6.20. The van der Waals surface area contributed by atoms with Crippen LogP contribution >= 0.6 is 0 Å². The topological polar surface area (TPSA) is 46.2 Å². The van der Waals surface area contributed by atoms with Crippen molar-refractivity contribution in [1.82, 2.24) is 0 Å². The summed E-state index contributed by atoms with van der Waals surface area (Å²) in [6.07, 6.45) is 0.629. The molecule has 1 aromatic rings. The molecule has 0 aromatic heterocycles. The second kappa shape index (κ2) is 4.40. The first-order valence-corrected chi connectivity index (χ1v) is 4.58. The molecule has 1 rings (SSSR count). The minimum absolute atomic E-state index is 0.0371. The van der Waals surface area contributed by atoms with E-state index in [0.29, 0.717) is 6.42 Å². The van der Waals surface area contributed by atoms with Crippen LogP contribution in [-0.4, -0.2) is 11.7 Å². The number of aliphatic hydroxyl groups excluding tert-OH is 1. The molecule has 0 bridgehead atoms. The van der Waals surface area contributed by atoms with Crippen LogP contribution in [0, 0.1) is 13.8 Å². The predicted molar refractivity (Wildman–Crippen MR) is 54.5 cm³/mol. The fourth-order valence-corrected chi connectivity index (χ4v) is 1.45. The zero-order valence-electron chi connectivity index (χ0n) is 8.25. The van der Waals surface area contributed by atoms with Crippen molar-refractivity contribution in [3.8, 4) is 0 Å². The standard InChI is InChI=1S/C11H17NO/c1-8-3-4-9(2)10(7-8)11(12)5-6-13/h3-4,7,11,13H,5-6,12H2,1-2H3/t11-/m1/s1. The number of benzene rings is 1. The second-order valence-corrected chi connectivity index (χ2v) is 3.48. The van der Waals surface area contributed by atoms with Gasteiger partial charge in [-0.05, 0) is 31.4 Å². The fraction of sp³-hybridized carbons (Fsp3) is 0.455. The Labute approximate surface area is 79.4 Å². The van der Waals surface area contributed by atoms with Crippen LogP contribution in [0.5, 0.6) is 0 Å². The number of aliphatic hydroxyl groups is 1. The van der Waals surface area contributed by atoms with Crippen molar-refractivity contribution >= 4 is 0 Å². The Morgan fingerprint density at radius 2 is 2.08 bits per heavy atom. The van der Waals surface area contributed by atoms with Gasteiger partial charge in [-0.2, -0.15) is 0 Å². The van der Waals surface area contributed by atoms with Crippen LogP contribution in [-0.2, 0) is 0 Å². The number of hydrogen-bond donors (Lipinski definition) is 2. The van der Waals surface area contributed by atoms with E-state index >= 15 is 0 Å². The van der Waals surface area contributed by atoms with E-state index in [9.17, 15) is 0 Å². The Bertz CT molecular complexity index is 283. The molecular weight excluding hydrogens is 162 g/mol. The van der Waals surface area contributed by atoms with Gasteiger partial charge in [0, 0.05) is 12.6 Å². The molecule has 0 amide bonds. The summed E-state index contributed by atoms with van der Waals surface area (Å²) in [5, 5.41) is 8.78. The van der Waals surface area contributed by atoms with Crippen LogP contribution < -0.4 is 5.73 Å². The van der Waals surface area contributed by atoms with Crippen LogP contribution in [0.2, 0.25) is 0 Å². The first-order chi connectivity index (χ1) is 6.15. The largest absolute Gasteiger partial charge is 0.396 e. The highest BCUT2D eigenvalue weighted by Crippen LogP contribution is 2.19. The second-order valence-electron chi connectivity index (χ2n) is 3.48. The van der Waals surface area contributed by atoms with Crippen LogP contribution in [0.4, 0.5) is 0 Å². The van der Waals surface area contributed by atoms with Crippen molar-refractivity contribution < 1.29 is 5.11 Å². The van der Waals surface area contributed by atoms with E-state index in [2.05, 4.69) is 25.1 Å². The normalized spacial score (nSPS) is 12.9. The Morgan fingerprint density at radius 3 is 2.69 bits per heavy atom. The maximum Gasteiger partial charge on any atom is 0.0449 e. The number of aryl methyl sites for hydroxylation is 2. The third-order valence-electron chi connectivity index (χ3n) is 2.27. The predicted octanol–water partition coefficient (Wildman–Crippen LogP) is 1.69. The molecule has 0 unspecified atom stereocenters. The van der Waals surface area contributed by atoms with E-state index in [0.717, 1.165) is 5.56 Å². The van der Waals surface area contributed by atoms with Gasteiger partial charge in [0.15, 0.2) is 0 Å². The maximum atomic E-state index is 8.78. The molecule has 1 aromatic carbocycles. The van der Waals surface area contributed by atoms with Gasteiger partial charge < -0.3 is 10.8 Å². The zero-order chi connectivity index (χ0) is 9.84. The lowest BCUT2D eigenvalue weighted by molar-refractivity contribution is 0.276. The van der Waals surface area contributed by atoms with Gasteiger partial charge in [0.25, 0.3) is 0 Å². The molecule has 0 aliphatic heterocycles. The lowest BCUT2D eigenvalue weighted by Crippen LogP contribution is -2.13. The van der Waals surface area contributed by atoms with Gasteiger partial charge >= 0.3 is 0 Å². The molecule has 1 atom stereocenters. The molecule has 0 heterocycles. The number of nitrogens with two attached hydrogens (primary N) is 1. The highest BCUT2D eigenvalue weighted by atomic mass is 16.3. The monoisotopic (exact) mass is 179 g/mol. The lowest BCUT2D eigenvalue weighted by Gasteiger charge is -2.14. The van der Waals surface area contributed by atoms with Crippen molar-refractivity contribution in [2.45, 2.75) is 26.3 Å². The van der Waals surface area contributed by atoms with Gasteiger partial charge in [-0.15, -0.1) is 0 Å². The highest BCUT2D eigenvalue weighted by molar-refractivity contribution is 5.32. The summed E-state index contributed by atoms with van der Waals surface area (Å²) >= 11 is 0. The molecule has 2 heteroatoms. The fourth-order valence-electron chi connectivity index (χ4n) is 1.45. The van der Waals surface area contributed by atoms with Gasteiger partial charge in [0.2, 0.25) is 0 Å². The summed E-state index contributed by atoms with van der Waals surface area (Å²) < 4.78 is 0. The molecule has 0 saturated carbocycles. The van der Waals surface area contributed by atoms with Crippen molar-refractivity contribution in [2.75, 3.05) is 6.61 Å². The third-order valence-corrected chi connectivity index (χ3v) is 2.27. The molecule has 0 radical (unpaired) electrons. The van der Waals surface area contributed by atoms with Crippen LogP contribution in [0.25, 0.3) is 0 Å². The van der Waals surface area contributed by atoms with Crippen molar-refractivity contribution in [3.63, 3.8) is 0 Å². The van der Waals surface area contributed by atoms with Gasteiger partial charge in [-0.3, -0.25) is 0 Å². The average molecular weight is 179 g/mol. The number of hydrogen-bond acceptors (Lipinski definition) is 2. The number of rotatable bonds is 3. The van der Waals surface area contributed by atoms with Gasteiger partial charge in [-0.25, -0.2) is 0 Å². The Morgan fingerprint density at radius 1 is 1.38 bits per heavy atom.